The van der Waals surface area contributed by atoms with E-state index in [0.717, 1.165) is 11.3 Å². The number of carboxylic acid groups (broad SMARTS) is 1. The van der Waals surface area contributed by atoms with Gasteiger partial charge in [-0.25, -0.2) is 4.79 Å². The van der Waals surface area contributed by atoms with Gasteiger partial charge in [-0.2, -0.15) is 0 Å². The molecule has 1 aliphatic heterocycles. The van der Waals surface area contributed by atoms with Crippen molar-refractivity contribution in [3.8, 4) is 0 Å². The maximum Gasteiger partial charge on any atom is 0.335 e. The van der Waals surface area contributed by atoms with E-state index in [0.29, 0.717) is 45.6 Å². The molecule has 1 aromatic heterocycles. The van der Waals surface area contributed by atoms with Crippen LogP contribution in [0.15, 0.2) is 30.5 Å². The van der Waals surface area contributed by atoms with Gasteiger partial charge in [0.25, 0.3) is 0 Å². The summed E-state index contributed by atoms with van der Waals surface area (Å²) in [7, 11) is 1.96. The zero-order valence-electron chi connectivity index (χ0n) is 20.1. The highest BCUT2D eigenvalue weighted by molar-refractivity contribution is 5.87. The fraction of sp³-hybridized carbons (Fsp3) is 0.583. The van der Waals surface area contributed by atoms with E-state index in [1.807, 2.05) is 33.2 Å². The van der Waals surface area contributed by atoms with E-state index in [4.69, 9.17) is 4.74 Å². The summed E-state index contributed by atoms with van der Waals surface area (Å²) in [6, 6.07) is 6.62. The first-order valence-electron chi connectivity index (χ1n) is 11.7. The second kappa shape index (κ2) is 12.0. The van der Waals surface area contributed by atoms with Gasteiger partial charge in [-0.3, -0.25) is 14.4 Å². The first kappa shape index (κ1) is 25.8. The molecule has 10 nitrogen and oxygen atoms in total. The first-order chi connectivity index (χ1) is 16.3. The lowest BCUT2D eigenvalue weighted by atomic mass is 10.0. The summed E-state index contributed by atoms with van der Waals surface area (Å²) in [5.41, 5.74) is 1.89. The zero-order chi connectivity index (χ0) is 24.7. The van der Waals surface area contributed by atoms with Gasteiger partial charge in [-0.15, -0.1) is 5.10 Å². The number of carbonyl (C=O) groups is 2. The van der Waals surface area contributed by atoms with Crippen molar-refractivity contribution < 1.29 is 24.5 Å². The molecule has 1 amide bonds. The molecule has 1 aromatic carbocycles. The van der Waals surface area contributed by atoms with Crippen LogP contribution in [0.3, 0.4) is 0 Å². The van der Waals surface area contributed by atoms with Gasteiger partial charge in [0.05, 0.1) is 37.1 Å². The number of fused-ring (bicyclic) bond motifs is 2. The van der Waals surface area contributed by atoms with Crippen molar-refractivity contribution in [1.29, 1.82) is 0 Å². The number of carboxylic acids is 1. The Hall–Kier alpha value is -2.82. The van der Waals surface area contributed by atoms with Crippen molar-refractivity contribution >= 4 is 11.9 Å². The number of hydrogen-bond acceptors (Lipinski definition) is 7. The molecule has 3 rings (SSSR count). The SMILES string of the molecule is C[C@@H]1CN([C@H](C)CO)C(=O)CCCn2cc(nn2)CO[C@@H]1CN(C)Cc1cccc(C(=O)O)c1. The van der Waals surface area contributed by atoms with Gasteiger partial charge < -0.3 is 19.8 Å². The third-order valence-electron chi connectivity index (χ3n) is 6.16. The van der Waals surface area contributed by atoms with E-state index in [2.05, 4.69) is 15.2 Å². The van der Waals surface area contributed by atoms with Gasteiger partial charge in [0.1, 0.15) is 5.69 Å². The third-order valence-corrected chi connectivity index (χ3v) is 6.16. The predicted octanol–water partition coefficient (Wildman–Crippen LogP) is 1.63. The average Bonchev–Trinajstić information content (AvgIpc) is 3.26. The number of aromatic carboxylic acids is 1. The minimum atomic E-state index is -0.951. The molecule has 1 aliphatic rings. The van der Waals surface area contributed by atoms with Crippen LogP contribution in [-0.4, -0.2) is 85.8 Å². The molecule has 0 saturated heterocycles. The van der Waals surface area contributed by atoms with Crippen LogP contribution in [0, 0.1) is 5.92 Å². The fourth-order valence-corrected chi connectivity index (χ4v) is 4.18. The summed E-state index contributed by atoms with van der Waals surface area (Å²) < 4.78 is 8.01. The molecule has 2 aromatic rings. The number of amides is 1. The number of aromatic nitrogens is 3. The van der Waals surface area contributed by atoms with Crippen molar-refractivity contribution in [3.63, 3.8) is 0 Å². The lowest BCUT2D eigenvalue weighted by Crippen LogP contribution is -2.47. The highest BCUT2D eigenvalue weighted by atomic mass is 16.5. The number of carbonyl (C=O) groups excluding carboxylic acids is 1. The lowest BCUT2D eigenvalue weighted by molar-refractivity contribution is -0.136. The Morgan fingerprint density at radius 1 is 1.38 bits per heavy atom. The van der Waals surface area contributed by atoms with E-state index in [-0.39, 0.29) is 36.1 Å². The van der Waals surface area contributed by atoms with E-state index in [1.165, 1.54) is 0 Å². The minimum Gasteiger partial charge on any atom is -0.478 e. The van der Waals surface area contributed by atoms with Gasteiger partial charge in [0.15, 0.2) is 0 Å². The third kappa shape index (κ3) is 7.09. The van der Waals surface area contributed by atoms with Crippen molar-refractivity contribution in [3.05, 3.63) is 47.3 Å². The molecule has 2 heterocycles. The van der Waals surface area contributed by atoms with Crippen LogP contribution in [-0.2, 0) is 29.2 Å². The maximum absolute atomic E-state index is 13.0. The van der Waals surface area contributed by atoms with Crippen LogP contribution in [0.1, 0.15) is 48.3 Å². The highest BCUT2D eigenvalue weighted by Gasteiger charge is 2.28. The second-order valence-corrected chi connectivity index (χ2v) is 9.18. The Morgan fingerprint density at radius 3 is 2.91 bits per heavy atom. The molecule has 0 unspecified atom stereocenters. The normalized spacial score (nSPS) is 21.0. The molecule has 0 fully saturated rings. The van der Waals surface area contributed by atoms with Crippen LogP contribution in [0.2, 0.25) is 0 Å². The summed E-state index contributed by atoms with van der Waals surface area (Å²) in [4.78, 5) is 28.1. The number of nitrogens with zero attached hydrogens (tertiary/aromatic N) is 5. The first-order valence-corrected chi connectivity index (χ1v) is 11.7. The number of ether oxygens (including phenoxy) is 1. The summed E-state index contributed by atoms with van der Waals surface area (Å²) in [6.45, 7) is 6.29. The van der Waals surface area contributed by atoms with Crippen LogP contribution < -0.4 is 0 Å². The Balaban J connectivity index is 1.76. The molecule has 2 N–H and O–H groups in total. The number of likely N-dealkylation sites (N-methyl/N-ethyl adjacent to an activating group) is 1. The number of hydrogen-bond donors (Lipinski definition) is 2. The van der Waals surface area contributed by atoms with Gasteiger partial charge in [-0.05, 0) is 38.1 Å². The topological polar surface area (TPSA) is 121 Å². The van der Waals surface area contributed by atoms with Crippen molar-refractivity contribution in [1.82, 2.24) is 24.8 Å². The molecule has 0 spiro atoms. The molecule has 0 radical (unpaired) electrons. The Bertz CT molecular complexity index is 965. The van der Waals surface area contributed by atoms with Gasteiger partial charge in [-0.1, -0.05) is 24.3 Å². The number of aryl methyl sites for hydroxylation is 1. The molecule has 0 aliphatic carbocycles. The zero-order valence-corrected chi connectivity index (χ0v) is 20.1. The molecule has 3 atom stereocenters. The minimum absolute atomic E-state index is 0.00516. The van der Waals surface area contributed by atoms with Crippen LogP contribution in [0.4, 0.5) is 0 Å². The van der Waals surface area contributed by atoms with Crippen molar-refractivity contribution in [2.45, 2.75) is 58.5 Å². The Kier molecular flexibility index (Phi) is 9.14. The summed E-state index contributed by atoms with van der Waals surface area (Å²) in [5.74, 6) is -0.959. The van der Waals surface area contributed by atoms with E-state index >= 15 is 0 Å². The molecular formula is C24H35N5O5. The molecular weight excluding hydrogens is 438 g/mol. The largest absolute Gasteiger partial charge is 0.478 e. The molecule has 0 saturated carbocycles. The smallest absolute Gasteiger partial charge is 0.335 e. The second-order valence-electron chi connectivity index (χ2n) is 9.18. The maximum atomic E-state index is 13.0. The quantitative estimate of drug-likeness (QED) is 0.623. The highest BCUT2D eigenvalue weighted by Crippen LogP contribution is 2.18. The monoisotopic (exact) mass is 473 g/mol. The number of aliphatic hydroxyl groups excluding tert-OH is 1. The van der Waals surface area contributed by atoms with Crippen molar-refractivity contribution in [2.75, 3.05) is 26.7 Å². The molecule has 2 bridgehead atoms. The molecule has 10 heteroatoms. The Morgan fingerprint density at radius 2 is 2.18 bits per heavy atom. The van der Waals surface area contributed by atoms with E-state index in [1.54, 1.807) is 27.8 Å². The predicted molar refractivity (Wildman–Crippen MR) is 125 cm³/mol. The van der Waals surface area contributed by atoms with Crippen molar-refractivity contribution in [2.24, 2.45) is 5.92 Å². The lowest BCUT2D eigenvalue weighted by Gasteiger charge is -2.35. The van der Waals surface area contributed by atoms with Gasteiger partial charge in [0.2, 0.25) is 5.91 Å². The standard InChI is InChI=1S/C24H35N5O5/c1-17-11-29(18(2)15-30)23(31)8-5-9-28-13-21(25-26-28)16-34-22(17)14-27(3)12-19-6-4-7-20(10-19)24(32)33/h4,6-7,10,13,17-18,22,30H,5,8-9,11-12,14-16H2,1-3H3,(H,32,33)/t17-,18-,22-/m1/s1. The molecule has 34 heavy (non-hydrogen) atoms. The Labute approximate surface area is 200 Å². The van der Waals surface area contributed by atoms with Crippen LogP contribution in [0.25, 0.3) is 0 Å². The van der Waals surface area contributed by atoms with Crippen LogP contribution in [0.5, 0.6) is 0 Å². The summed E-state index contributed by atoms with van der Waals surface area (Å²) >= 11 is 0. The van der Waals surface area contributed by atoms with E-state index in [9.17, 15) is 19.8 Å². The number of benzene rings is 1. The average molecular weight is 474 g/mol. The number of rotatable bonds is 7. The van der Waals surface area contributed by atoms with Gasteiger partial charge >= 0.3 is 5.97 Å². The van der Waals surface area contributed by atoms with Gasteiger partial charge in [0, 0.05) is 38.5 Å². The van der Waals surface area contributed by atoms with Crippen LogP contribution >= 0.6 is 0 Å². The number of aliphatic hydroxyl groups is 1. The molecule has 186 valence electrons. The summed E-state index contributed by atoms with van der Waals surface area (Å²) in [5, 5.41) is 27.3. The fourth-order valence-electron chi connectivity index (χ4n) is 4.18. The van der Waals surface area contributed by atoms with E-state index < -0.39 is 5.97 Å². The summed E-state index contributed by atoms with van der Waals surface area (Å²) in [6.07, 6.45) is 2.64.